The number of nitrogens with one attached hydrogen (secondary N) is 1. The van der Waals surface area contributed by atoms with Gasteiger partial charge in [0.2, 0.25) is 5.91 Å². The molecule has 0 bridgehead atoms. The second-order valence-electron chi connectivity index (χ2n) is 10.2. The fourth-order valence-corrected chi connectivity index (χ4v) is 5.15. The Morgan fingerprint density at radius 2 is 1.76 bits per heavy atom. The van der Waals surface area contributed by atoms with Crippen molar-refractivity contribution >= 4 is 17.1 Å². The van der Waals surface area contributed by atoms with Crippen LogP contribution in [-0.4, -0.2) is 52.6 Å². The van der Waals surface area contributed by atoms with Gasteiger partial charge in [0.25, 0.3) is 5.56 Å². The molecule has 0 saturated carbocycles. The van der Waals surface area contributed by atoms with Gasteiger partial charge in [-0.2, -0.15) is 5.10 Å². The standard InChI is InChI=1S/C27H30F3N7O4/c1-3-9-36-24-22(25(39)37(10-4-2)26(36)40)32-23(33-24)19-12-31-35(16-19)15-18-11-21(38)34(14-18)13-17-5-7-20(8-6-17)41-27(28,29)30/h5-8,12,16,18H,3-4,9-11,13-15H2,1-2H3,(H,32,33). The zero-order valence-electron chi connectivity index (χ0n) is 22.6. The van der Waals surface area contributed by atoms with E-state index in [0.29, 0.717) is 68.0 Å². The first kappa shape index (κ1) is 28.2. The summed E-state index contributed by atoms with van der Waals surface area (Å²) in [6.07, 6.45) is 0.291. The SMILES string of the molecule is CCCn1c(=O)c2[nH]c(-c3cnn(CC4CC(=O)N(Cc5ccc(OC(F)(F)F)cc5)C4)c3)nc2n(CCC)c1=O. The number of imidazole rings is 1. The molecule has 1 aromatic carbocycles. The minimum atomic E-state index is -4.76. The van der Waals surface area contributed by atoms with Gasteiger partial charge in [-0.25, -0.2) is 9.78 Å². The van der Waals surface area contributed by atoms with E-state index in [0.717, 1.165) is 0 Å². The van der Waals surface area contributed by atoms with Crippen LogP contribution in [0.1, 0.15) is 38.7 Å². The Kier molecular flexibility index (Phi) is 7.74. The number of rotatable bonds is 10. The topological polar surface area (TPSA) is 120 Å². The lowest BCUT2D eigenvalue weighted by molar-refractivity contribution is -0.274. The number of hydrogen-bond acceptors (Lipinski definition) is 6. The first-order valence-corrected chi connectivity index (χ1v) is 13.4. The number of carbonyl (C=O) groups is 1. The average Bonchev–Trinajstić information content (AvgIpc) is 3.64. The van der Waals surface area contributed by atoms with E-state index in [9.17, 15) is 27.6 Å². The highest BCUT2D eigenvalue weighted by atomic mass is 19.4. The number of fused-ring (bicyclic) bond motifs is 1. The van der Waals surface area contributed by atoms with E-state index in [1.807, 2.05) is 13.8 Å². The third-order valence-electron chi connectivity index (χ3n) is 6.93. The van der Waals surface area contributed by atoms with Crippen LogP contribution in [0.2, 0.25) is 0 Å². The lowest BCUT2D eigenvalue weighted by Gasteiger charge is -2.17. The number of ether oxygens (including phenoxy) is 1. The van der Waals surface area contributed by atoms with Crippen molar-refractivity contribution in [2.75, 3.05) is 6.54 Å². The Balaban J connectivity index is 1.28. The predicted octanol–water partition coefficient (Wildman–Crippen LogP) is 3.52. The molecule has 41 heavy (non-hydrogen) atoms. The summed E-state index contributed by atoms with van der Waals surface area (Å²) in [5.74, 6) is 0.0392. The van der Waals surface area contributed by atoms with Crippen LogP contribution < -0.4 is 16.0 Å². The maximum atomic E-state index is 13.0. The van der Waals surface area contributed by atoms with Gasteiger partial charge in [0.1, 0.15) is 17.1 Å². The van der Waals surface area contributed by atoms with Gasteiger partial charge in [0.05, 0.1) is 11.8 Å². The lowest BCUT2D eigenvalue weighted by Crippen LogP contribution is -2.40. The van der Waals surface area contributed by atoms with E-state index in [2.05, 4.69) is 19.8 Å². The number of aryl methyl sites for hydroxylation is 1. The maximum Gasteiger partial charge on any atom is 0.573 e. The van der Waals surface area contributed by atoms with Gasteiger partial charge in [-0.3, -0.25) is 23.4 Å². The van der Waals surface area contributed by atoms with Crippen molar-refractivity contribution in [1.82, 2.24) is 33.8 Å². The molecule has 1 aliphatic heterocycles. The quantitative estimate of drug-likeness (QED) is 0.310. The van der Waals surface area contributed by atoms with Crippen molar-refractivity contribution in [3.63, 3.8) is 0 Å². The first-order chi connectivity index (χ1) is 19.6. The summed E-state index contributed by atoms with van der Waals surface area (Å²) in [5.41, 5.74) is 1.13. The van der Waals surface area contributed by atoms with Crippen molar-refractivity contribution in [2.45, 2.75) is 65.7 Å². The number of H-pyrrole nitrogens is 1. The molecule has 0 radical (unpaired) electrons. The number of benzene rings is 1. The van der Waals surface area contributed by atoms with E-state index in [1.54, 1.807) is 22.0 Å². The Bertz CT molecular complexity index is 1670. The molecule has 5 rings (SSSR count). The number of likely N-dealkylation sites (tertiary alicyclic amines) is 1. The average molecular weight is 574 g/mol. The molecule has 1 amide bonds. The summed E-state index contributed by atoms with van der Waals surface area (Å²) in [6, 6.07) is 5.47. The third-order valence-corrected chi connectivity index (χ3v) is 6.93. The summed E-state index contributed by atoms with van der Waals surface area (Å²) in [6.45, 7) is 5.81. The van der Waals surface area contributed by atoms with E-state index < -0.39 is 11.9 Å². The summed E-state index contributed by atoms with van der Waals surface area (Å²) < 4.78 is 45.5. The van der Waals surface area contributed by atoms with Crippen LogP contribution in [0.25, 0.3) is 22.6 Å². The lowest BCUT2D eigenvalue weighted by atomic mass is 10.1. The van der Waals surface area contributed by atoms with Crippen molar-refractivity contribution in [2.24, 2.45) is 5.92 Å². The minimum absolute atomic E-state index is 0.0188. The smallest absolute Gasteiger partial charge is 0.406 e. The number of aromatic amines is 1. The van der Waals surface area contributed by atoms with Crippen LogP contribution in [0.4, 0.5) is 13.2 Å². The first-order valence-electron chi connectivity index (χ1n) is 13.4. The number of aromatic nitrogens is 6. The number of hydrogen-bond donors (Lipinski definition) is 1. The van der Waals surface area contributed by atoms with Crippen LogP contribution in [-0.2, 0) is 31.0 Å². The van der Waals surface area contributed by atoms with Gasteiger partial charge in [-0.1, -0.05) is 26.0 Å². The summed E-state index contributed by atoms with van der Waals surface area (Å²) in [7, 11) is 0. The molecule has 1 saturated heterocycles. The Morgan fingerprint density at radius 3 is 2.44 bits per heavy atom. The fraction of sp³-hybridized carbons (Fsp3) is 0.444. The van der Waals surface area contributed by atoms with Gasteiger partial charge in [0.15, 0.2) is 5.65 Å². The largest absolute Gasteiger partial charge is 0.573 e. The molecule has 0 spiro atoms. The molecule has 1 aliphatic rings. The van der Waals surface area contributed by atoms with Crippen molar-refractivity contribution in [1.29, 1.82) is 0 Å². The van der Waals surface area contributed by atoms with Crippen LogP contribution in [0.3, 0.4) is 0 Å². The maximum absolute atomic E-state index is 13.0. The van der Waals surface area contributed by atoms with E-state index >= 15 is 0 Å². The molecule has 3 aromatic heterocycles. The van der Waals surface area contributed by atoms with Crippen LogP contribution in [0, 0.1) is 5.92 Å². The van der Waals surface area contributed by atoms with Gasteiger partial charge < -0.3 is 14.6 Å². The number of amides is 1. The second kappa shape index (κ2) is 11.3. The zero-order valence-corrected chi connectivity index (χ0v) is 22.6. The second-order valence-corrected chi connectivity index (χ2v) is 10.2. The number of alkyl halides is 3. The Morgan fingerprint density at radius 1 is 1.05 bits per heavy atom. The van der Waals surface area contributed by atoms with E-state index in [4.69, 9.17) is 0 Å². The summed E-state index contributed by atoms with van der Waals surface area (Å²) >= 11 is 0. The molecular formula is C27H30F3N7O4. The third kappa shape index (κ3) is 6.05. The van der Waals surface area contributed by atoms with Gasteiger partial charge in [0, 0.05) is 51.3 Å². The molecule has 1 atom stereocenters. The molecule has 1 fully saturated rings. The summed E-state index contributed by atoms with van der Waals surface area (Å²) in [4.78, 5) is 47.9. The molecule has 1 unspecified atom stereocenters. The molecule has 11 nitrogen and oxygen atoms in total. The van der Waals surface area contributed by atoms with Crippen molar-refractivity contribution < 1.29 is 22.7 Å². The highest BCUT2D eigenvalue weighted by molar-refractivity contribution is 5.78. The van der Waals surface area contributed by atoms with Crippen LogP contribution in [0.15, 0.2) is 46.2 Å². The van der Waals surface area contributed by atoms with E-state index in [1.165, 1.54) is 33.4 Å². The van der Waals surface area contributed by atoms with Crippen molar-refractivity contribution in [3.05, 3.63) is 63.1 Å². The predicted molar refractivity (Wildman–Crippen MR) is 143 cm³/mol. The summed E-state index contributed by atoms with van der Waals surface area (Å²) in [5, 5.41) is 4.41. The molecule has 1 N–H and O–H groups in total. The van der Waals surface area contributed by atoms with E-state index in [-0.39, 0.29) is 35.3 Å². The molecule has 14 heteroatoms. The highest BCUT2D eigenvalue weighted by Crippen LogP contribution is 2.26. The number of nitrogens with zero attached hydrogens (tertiary/aromatic N) is 6. The van der Waals surface area contributed by atoms with Crippen LogP contribution in [0.5, 0.6) is 5.75 Å². The minimum Gasteiger partial charge on any atom is -0.406 e. The van der Waals surface area contributed by atoms with Gasteiger partial charge in [-0.15, -0.1) is 13.2 Å². The fourth-order valence-electron chi connectivity index (χ4n) is 5.15. The normalized spacial score (nSPS) is 15.8. The van der Waals surface area contributed by atoms with Crippen LogP contribution >= 0.6 is 0 Å². The Labute approximate surface area is 232 Å². The van der Waals surface area contributed by atoms with Gasteiger partial charge in [-0.05, 0) is 30.5 Å². The number of carbonyl (C=O) groups excluding carboxylic acids is 1. The highest BCUT2D eigenvalue weighted by Gasteiger charge is 2.32. The van der Waals surface area contributed by atoms with Gasteiger partial charge >= 0.3 is 12.1 Å². The molecule has 0 aliphatic carbocycles. The Hall–Kier alpha value is -4.36. The molecular weight excluding hydrogens is 543 g/mol. The molecule has 4 aromatic rings. The monoisotopic (exact) mass is 573 g/mol. The zero-order chi connectivity index (χ0) is 29.3. The molecule has 4 heterocycles. The number of halogens is 3. The molecule has 218 valence electrons. The van der Waals surface area contributed by atoms with Crippen molar-refractivity contribution in [3.8, 4) is 17.1 Å².